The van der Waals surface area contributed by atoms with Crippen molar-refractivity contribution in [3.63, 3.8) is 0 Å². The van der Waals surface area contributed by atoms with Crippen molar-refractivity contribution in [3.05, 3.63) is 59.7 Å². The van der Waals surface area contributed by atoms with Gasteiger partial charge in [-0.3, -0.25) is 9.59 Å². The van der Waals surface area contributed by atoms with Crippen LogP contribution in [-0.2, 0) is 9.59 Å². The zero-order valence-electron chi connectivity index (χ0n) is 21.4. The van der Waals surface area contributed by atoms with Crippen molar-refractivity contribution in [1.82, 2.24) is 10.9 Å². The zero-order valence-corrected chi connectivity index (χ0v) is 21.4. The van der Waals surface area contributed by atoms with Gasteiger partial charge < -0.3 is 9.47 Å². The molecule has 0 fully saturated rings. The van der Waals surface area contributed by atoms with Gasteiger partial charge in [0, 0.05) is 12.8 Å². The Hall–Kier alpha value is -3.68. The van der Waals surface area contributed by atoms with Crippen molar-refractivity contribution in [1.29, 1.82) is 0 Å². The van der Waals surface area contributed by atoms with Gasteiger partial charge in [0.2, 0.25) is 11.8 Å². The molecule has 194 valence electrons. The van der Waals surface area contributed by atoms with Crippen LogP contribution in [0.1, 0.15) is 76.3 Å². The van der Waals surface area contributed by atoms with Gasteiger partial charge in [-0.15, -0.1) is 0 Å². The Morgan fingerprint density at radius 1 is 0.667 bits per heavy atom. The molecule has 0 aromatic heterocycles. The average Bonchev–Trinajstić information content (AvgIpc) is 2.89. The summed E-state index contributed by atoms with van der Waals surface area (Å²) in [6.45, 7) is 5.51. The quantitative estimate of drug-likeness (QED) is 0.179. The third-order valence-corrected chi connectivity index (χ3v) is 5.07. The van der Waals surface area contributed by atoms with Crippen LogP contribution in [0.2, 0.25) is 0 Å². The number of carbonyl (C=O) groups is 2. The number of nitrogens with zero attached hydrogens (tertiary/aromatic N) is 2. The molecule has 0 radical (unpaired) electrons. The molecular formula is C28H38N4O4. The van der Waals surface area contributed by atoms with Gasteiger partial charge in [-0.2, -0.15) is 10.2 Å². The number of benzene rings is 2. The summed E-state index contributed by atoms with van der Waals surface area (Å²) in [7, 11) is 0. The van der Waals surface area contributed by atoms with Crippen molar-refractivity contribution < 1.29 is 19.1 Å². The fourth-order valence-electron chi connectivity index (χ4n) is 3.13. The van der Waals surface area contributed by atoms with Crippen LogP contribution in [0, 0.1) is 0 Å². The van der Waals surface area contributed by atoms with Crippen LogP contribution in [-0.4, -0.2) is 37.5 Å². The minimum Gasteiger partial charge on any atom is -0.494 e. The second-order valence-electron chi connectivity index (χ2n) is 8.34. The number of ether oxygens (including phenoxy) is 2. The number of hydrogen-bond donors (Lipinski definition) is 2. The van der Waals surface area contributed by atoms with Crippen LogP contribution < -0.4 is 20.3 Å². The molecule has 36 heavy (non-hydrogen) atoms. The van der Waals surface area contributed by atoms with Crippen LogP contribution in [0.4, 0.5) is 0 Å². The van der Waals surface area contributed by atoms with Crippen LogP contribution in [0.3, 0.4) is 0 Å². The summed E-state index contributed by atoms with van der Waals surface area (Å²) in [5.41, 5.74) is 6.87. The van der Waals surface area contributed by atoms with Crippen molar-refractivity contribution in [2.24, 2.45) is 10.2 Å². The van der Waals surface area contributed by atoms with Gasteiger partial charge in [0.25, 0.3) is 0 Å². The van der Waals surface area contributed by atoms with E-state index in [1.807, 2.05) is 48.5 Å². The second kappa shape index (κ2) is 17.7. The van der Waals surface area contributed by atoms with Crippen molar-refractivity contribution >= 4 is 24.2 Å². The Labute approximate surface area is 214 Å². The third kappa shape index (κ3) is 12.7. The summed E-state index contributed by atoms with van der Waals surface area (Å²) in [4.78, 5) is 23.8. The normalized spacial score (nSPS) is 11.1. The third-order valence-electron chi connectivity index (χ3n) is 5.07. The molecule has 0 unspecified atom stereocenters. The smallest absolute Gasteiger partial charge is 0.240 e. The summed E-state index contributed by atoms with van der Waals surface area (Å²) < 4.78 is 11.1. The van der Waals surface area contributed by atoms with Gasteiger partial charge in [0.05, 0.1) is 25.6 Å². The summed E-state index contributed by atoms with van der Waals surface area (Å²) in [6, 6.07) is 15.1. The van der Waals surface area contributed by atoms with E-state index in [1.54, 1.807) is 12.4 Å². The van der Waals surface area contributed by atoms with Crippen LogP contribution in [0.5, 0.6) is 11.5 Å². The first-order valence-corrected chi connectivity index (χ1v) is 12.7. The van der Waals surface area contributed by atoms with E-state index >= 15 is 0 Å². The number of hydrazone groups is 2. The lowest BCUT2D eigenvalue weighted by atomic mass is 10.1. The molecule has 0 heterocycles. The zero-order chi connectivity index (χ0) is 25.8. The van der Waals surface area contributed by atoms with E-state index in [0.717, 1.165) is 61.2 Å². The number of nitrogens with one attached hydrogen (secondary N) is 2. The van der Waals surface area contributed by atoms with Crippen LogP contribution in [0.15, 0.2) is 58.7 Å². The molecule has 8 nitrogen and oxygen atoms in total. The highest BCUT2D eigenvalue weighted by Crippen LogP contribution is 2.12. The van der Waals surface area contributed by atoms with Crippen LogP contribution >= 0.6 is 0 Å². The maximum Gasteiger partial charge on any atom is 0.240 e. The minimum absolute atomic E-state index is 0.119. The van der Waals surface area contributed by atoms with Gasteiger partial charge in [0.1, 0.15) is 11.5 Å². The summed E-state index contributed by atoms with van der Waals surface area (Å²) in [5.74, 6) is 1.40. The molecule has 2 amide bonds. The molecule has 2 N–H and O–H groups in total. The molecule has 0 bridgehead atoms. The van der Waals surface area contributed by atoms with Crippen molar-refractivity contribution in [3.8, 4) is 11.5 Å². The molecule has 8 heteroatoms. The predicted octanol–water partition coefficient (Wildman–Crippen LogP) is 5.21. The highest BCUT2D eigenvalue weighted by atomic mass is 16.5. The van der Waals surface area contributed by atoms with Crippen molar-refractivity contribution in [2.45, 2.75) is 65.2 Å². The summed E-state index contributed by atoms with van der Waals surface area (Å²) in [5, 5.41) is 8.00. The Bertz CT molecular complexity index is 877. The minimum atomic E-state index is -0.119. The molecule has 0 aliphatic carbocycles. The molecule has 2 aromatic rings. The molecule has 2 rings (SSSR count). The summed E-state index contributed by atoms with van der Waals surface area (Å²) >= 11 is 0. The Morgan fingerprint density at radius 3 is 1.42 bits per heavy atom. The lowest BCUT2D eigenvalue weighted by molar-refractivity contribution is -0.122. The predicted molar refractivity (Wildman–Crippen MR) is 144 cm³/mol. The first kappa shape index (κ1) is 28.6. The number of rotatable bonds is 17. The molecular weight excluding hydrogens is 456 g/mol. The van der Waals surface area contributed by atoms with Gasteiger partial charge >= 0.3 is 0 Å². The van der Waals surface area contributed by atoms with Gasteiger partial charge in [-0.25, -0.2) is 10.9 Å². The lowest BCUT2D eigenvalue weighted by Gasteiger charge is -2.04. The SMILES string of the molecule is CCCOc1ccc(/C=N/NC(=O)CCCCCCC(=O)N/N=C/c2ccc(OCCC)cc2)cc1. The average molecular weight is 495 g/mol. The molecule has 0 aliphatic heterocycles. The Balaban J connectivity index is 1.50. The van der Waals surface area contributed by atoms with Gasteiger partial charge in [-0.1, -0.05) is 26.7 Å². The largest absolute Gasteiger partial charge is 0.494 e. The molecule has 0 saturated carbocycles. The van der Waals surface area contributed by atoms with E-state index in [-0.39, 0.29) is 11.8 Å². The van der Waals surface area contributed by atoms with Crippen LogP contribution in [0.25, 0.3) is 0 Å². The lowest BCUT2D eigenvalue weighted by Crippen LogP contribution is -2.17. The number of amides is 2. The fourth-order valence-corrected chi connectivity index (χ4v) is 3.13. The fraction of sp³-hybridized carbons (Fsp3) is 0.429. The van der Waals surface area contributed by atoms with E-state index in [1.165, 1.54) is 0 Å². The number of unbranched alkanes of at least 4 members (excludes halogenated alkanes) is 3. The van der Waals surface area contributed by atoms with Crippen molar-refractivity contribution in [2.75, 3.05) is 13.2 Å². The molecule has 0 atom stereocenters. The molecule has 0 saturated heterocycles. The van der Waals surface area contributed by atoms with E-state index in [4.69, 9.17) is 9.47 Å². The maximum atomic E-state index is 11.9. The Kier molecular flexibility index (Phi) is 14.0. The second-order valence-corrected chi connectivity index (χ2v) is 8.34. The highest BCUT2D eigenvalue weighted by molar-refractivity contribution is 5.83. The maximum absolute atomic E-state index is 11.9. The number of hydrogen-bond acceptors (Lipinski definition) is 6. The topological polar surface area (TPSA) is 101 Å². The first-order chi connectivity index (χ1) is 17.6. The number of carbonyl (C=O) groups excluding carboxylic acids is 2. The molecule has 0 aliphatic rings. The van der Waals surface area contributed by atoms with E-state index in [2.05, 4.69) is 34.9 Å². The van der Waals surface area contributed by atoms with E-state index < -0.39 is 0 Å². The first-order valence-electron chi connectivity index (χ1n) is 12.7. The molecule has 0 spiro atoms. The van der Waals surface area contributed by atoms with E-state index in [9.17, 15) is 9.59 Å². The Morgan fingerprint density at radius 2 is 1.06 bits per heavy atom. The highest BCUT2D eigenvalue weighted by Gasteiger charge is 2.02. The van der Waals surface area contributed by atoms with E-state index in [0.29, 0.717) is 26.1 Å². The standard InChI is InChI=1S/C28H38N4O4/c1-3-19-35-25-15-11-23(12-16-25)21-29-31-27(33)9-7-5-6-8-10-28(34)32-30-22-24-13-17-26(18-14-24)36-20-4-2/h11-18,21-22H,3-10,19-20H2,1-2H3,(H,31,33)(H,32,34)/b29-21+,30-22+. The summed E-state index contributed by atoms with van der Waals surface area (Å²) in [6.07, 6.45) is 9.21. The van der Waals surface area contributed by atoms with Gasteiger partial charge in [-0.05, 0) is 85.3 Å². The van der Waals surface area contributed by atoms with Gasteiger partial charge in [0.15, 0.2) is 0 Å². The molecule has 2 aromatic carbocycles. The monoisotopic (exact) mass is 494 g/mol.